The van der Waals surface area contributed by atoms with E-state index in [2.05, 4.69) is 104 Å². The third-order valence-corrected chi connectivity index (χ3v) is 4.95. The molecule has 4 rings (SSSR count). The van der Waals surface area contributed by atoms with E-state index in [1.54, 1.807) is 0 Å². The molecule has 0 aromatic heterocycles. The lowest BCUT2D eigenvalue weighted by molar-refractivity contribution is 1.27. The predicted octanol–water partition coefficient (Wildman–Crippen LogP) is 7.02. The van der Waals surface area contributed by atoms with Gasteiger partial charge in [-0.25, -0.2) is 0 Å². The van der Waals surface area contributed by atoms with Crippen LogP contribution in [0.3, 0.4) is 0 Å². The molecule has 0 saturated heterocycles. The standard InChI is InChI=1S/C26H24N2/c1-19-3-13-24(14-4-19)28(25-15-5-20(2)6-16-25)26-17-9-22(10-18-26)21-7-11-23(27)12-8-21/h3-18H,27H2,1-2H3. The van der Waals surface area contributed by atoms with Gasteiger partial charge in [-0.3, -0.25) is 0 Å². The average molecular weight is 364 g/mol. The van der Waals surface area contributed by atoms with Gasteiger partial charge in [-0.15, -0.1) is 0 Å². The first-order valence-electron chi connectivity index (χ1n) is 9.49. The highest BCUT2D eigenvalue weighted by molar-refractivity contribution is 5.78. The second-order valence-electron chi connectivity index (χ2n) is 7.18. The molecule has 0 aliphatic heterocycles. The SMILES string of the molecule is Cc1ccc(N(c2ccc(C)cc2)c2ccc(-c3ccc(N)cc3)cc2)cc1. The van der Waals surface area contributed by atoms with E-state index in [4.69, 9.17) is 5.73 Å². The van der Waals surface area contributed by atoms with Gasteiger partial charge in [0.2, 0.25) is 0 Å². The van der Waals surface area contributed by atoms with Crippen LogP contribution in [0.4, 0.5) is 22.7 Å². The number of anilines is 4. The summed E-state index contributed by atoms with van der Waals surface area (Å²) < 4.78 is 0. The van der Waals surface area contributed by atoms with Crippen molar-refractivity contribution >= 4 is 22.7 Å². The lowest BCUT2D eigenvalue weighted by atomic mass is 10.0. The van der Waals surface area contributed by atoms with Crippen molar-refractivity contribution in [2.75, 3.05) is 10.6 Å². The van der Waals surface area contributed by atoms with E-state index in [9.17, 15) is 0 Å². The Balaban J connectivity index is 1.74. The van der Waals surface area contributed by atoms with E-state index >= 15 is 0 Å². The van der Waals surface area contributed by atoms with Crippen LogP contribution in [0.2, 0.25) is 0 Å². The molecule has 2 nitrogen and oxygen atoms in total. The highest BCUT2D eigenvalue weighted by atomic mass is 15.1. The highest BCUT2D eigenvalue weighted by Crippen LogP contribution is 2.35. The van der Waals surface area contributed by atoms with E-state index in [0.717, 1.165) is 28.3 Å². The van der Waals surface area contributed by atoms with Crippen LogP contribution in [0.1, 0.15) is 11.1 Å². The second kappa shape index (κ2) is 7.61. The zero-order valence-electron chi connectivity index (χ0n) is 16.3. The molecule has 28 heavy (non-hydrogen) atoms. The first kappa shape index (κ1) is 17.9. The summed E-state index contributed by atoms with van der Waals surface area (Å²) in [5.74, 6) is 0. The van der Waals surface area contributed by atoms with Crippen molar-refractivity contribution in [3.8, 4) is 11.1 Å². The predicted molar refractivity (Wildman–Crippen MR) is 120 cm³/mol. The zero-order valence-corrected chi connectivity index (χ0v) is 16.3. The van der Waals surface area contributed by atoms with E-state index in [0.29, 0.717) is 0 Å². The molecule has 4 aromatic rings. The summed E-state index contributed by atoms with van der Waals surface area (Å²) in [7, 11) is 0. The normalized spacial score (nSPS) is 10.6. The molecule has 0 aliphatic carbocycles. The number of nitrogens with zero attached hydrogens (tertiary/aromatic N) is 1. The topological polar surface area (TPSA) is 29.3 Å². The molecule has 0 spiro atoms. The van der Waals surface area contributed by atoms with Gasteiger partial charge in [0.05, 0.1) is 0 Å². The molecule has 2 heteroatoms. The largest absolute Gasteiger partial charge is 0.399 e. The molecule has 0 unspecified atom stereocenters. The van der Waals surface area contributed by atoms with Crippen molar-refractivity contribution in [2.24, 2.45) is 0 Å². The monoisotopic (exact) mass is 364 g/mol. The number of nitrogen functional groups attached to an aromatic ring is 1. The first-order valence-corrected chi connectivity index (χ1v) is 9.49. The van der Waals surface area contributed by atoms with E-state index in [1.165, 1.54) is 16.7 Å². The van der Waals surface area contributed by atoms with Crippen molar-refractivity contribution in [1.82, 2.24) is 0 Å². The molecular formula is C26H24N2. The Bertz CT molecular complexity index is 1000. The third kappa shape index (κ3) is 3.77. The summed E-state index contributed by atoms with van der Waals surface area (Å²) in [6.45, 7) is 4.23. The first-order chi connectivity index (χ1) is 13.6. The fraction of sp³-hybridized carbons (Fsp3) is 0.0769. The van der Waals surface area contributed by atoms with E-state index in [-0.39, 0.29) is 0 Å². The molecule has 0 radical (unpaired) electrons. The molecule has 0 heterocycles. The third-order valence-electron chi connectivity index (χ3n) is 4.95. The maximum atomic E-state index is 5.81. The molecule has 0 amide bonds. The van der Waals surface area contributed by atoms with Gasteiger partial charge in [0.25, 0.3) is 0 Å². The Kier molecular flexibility index (Phi) is 4.86. The van der Waals surface area contributed by atoms with Gasteiger partial charge in [0.15, 0.2) is 0 Å². The molecule has 0 fully saturated rings. The van der Waals surface area contributed by atoms with Crippen LogP contribution < -0.4 is 10.6 Å². The fourth-order valence-electron chi connectivity index (χ4n) is 3.31. The number of benzene rings is 4. The van der Waals surface area contributed by atoms with Gasteiger partial charge in [-0.2, -0.15) is 0 Å². The summed E-state index contributed by atoms with van der Waals surface area (Å²) in [6.07, 6.45) is 0. The second-order valence-corrected chi connectivity index (χ2v) is 7.18. The maximum Gasteiger partial charge on any atom is 0.0462 e. The molecule has 0 bridgehead atoms. The van der Waals surface area contributed by atoms with Crippen LogP contribution in [0.15, 0.2) is 97.1 Å². The lowest BCUT2D eigenvalue weighted by Crippen LogP contribution is -2.09. The average Bonchev–Trinajstić information content (AvgIpc) is 2.72. The van der Waals surface area contributed by atoms with Crippen LogP contribution in [0.5, 0.6) is 0 Å². The summed E-state index contributed by atoms with van der Waals surface area (Å²) in [6, 6.07) is 33.9. The molecule has 2 N–H and O–H groups in total. The quantitative estimate of drug-likeness (QED) is 0.394. The summed E-state index contributed by atoms with van der Waals surface area (Å²) in [5.41, 5.74) is 14.9. The van der Waals surface area contributed by atoms with Gasteiger partial charge < -0.3 is 10.6 Å². The Hall–Kier alpha value is -3.52. The fourth-order valence-corrected chi connectivity index (χ4v) is 3.31. The minimum atomic E-state index is 0.783. The number of hydrogen-bond acceptors (Lipinski definition) is 2. The number of hydrogen-bond donors (Lipinski definition) is 1. The number of aryl methyl sites for hydroxylation is 2. The summed E-state index contributed by atoms with van der Waals surface area (Å²) >= 11 is 0. The van der Waals surface area contributed by atoms with Crippen molar-refractivity contribution in [1.29, 1.82) is 0 Å². The minimum Gasteiger partial charge on any atom is -0.399 e. The van der Waals surface area contributed by atoms with Crippen LogP contribution in [0.25, 0.3) is 11.1 Å². The van der Waals surface area contributed by atoms with Crippen LogP contribution >= 0.6 is 0 Å². The number of nitrogens with two attached hydrogens (primary N) is 1. The van der Waals surface area contributed by atoms with Gasteiger partial charge in [-0.05, 0) is 73.5 Å². The highest BCUT2D eigenvalue weighted by Gasteiger charge is 2.12. The van der Waals surface area contributed by atoms with Crippen molar-refractivity contribution in [2.45, 2.75) is 13.8 Å². The van der Waals surface area contributed by atoms with Crippen LogP contribution in [0, 0.1) is 13.8 Å². The molecule has 0 saturated carbocycles. The van der Waals surface area contributed by atoms with E-state index < -0.39 is 0 Å². The van der Waals surface area contributed by atoms with Crippen molar-refractivity contribution < 1.29 is 0 Å². The van der Waals surface area contributed by atoms with E-state index in [1.807, 2.05) is 12.1 Å². The van der Waals surface area contributed by atoms with Gasteiger partial charge in [0, 0.05) is 22.7 Å². The molecule has 138 valence electrons. The zero-order chi connectivity index (χ0) is 19.5. The maximum absolute atomic E-state index is 5.81. The summed E-state index contributed by atoms with van der Waals surface area (Å²) in [4.78, 5) is 2.28. The molecule has 4 aromatic carbocycles. The molecular weight excluding hydrogens is 340 g/mol. The van der Waals surface area contributed by atoms with Crippen LogP contribution in [-0.2, 0) is 0 Å². The smallest absolute Gasteiger partial charge is 0.0462 e. The van der Waals surface area contributed by atoms with Crippen LogP contribution in [-0.4, -0.2) is 0 Å². The Morgan fingerprint density at radius 1 is 0.464 bits per heavy atom. The van der Waals surface area contributed by atoms with Gasteiger partial charge >= 0.3 is 0 Å². The van der Waals surface area contributed by atoms with Gasteiger partial charge in [0.1, 0.15) is 0 Å². The molecule has 0 aliphatic rings. The Morgan fingerprint density at radius 3 is 1.18 bits per heavy atom. The summed E-state index contributed by atoms with van der Waals surface area (Å²) in [5, 5.41) is 0. The number of rotatable bonds is 4. The Labute approximate surface area is 166 Å². The lowest BCUT2D eigenvalue weighted by Gasteiger charge is -2.26. The Morgan fingerprint density at radius 2 is 0.786 bits per heavy atom. The minimum absolute atomic E-state index is 0.783. The molecule has 0 atom stereocenters. The van der Waals surface area contributed by atoms with Crippen molar-refractivity contribution in [3.63, 3.8) is 0 Å². The van der Waals surface area contributed by atoms with Crippen molar-refractivity contribution in [3.05, 3.63) is 108 Å². The van der Waals surface area contributed by atoms with Gasteiger partial charge in [-0.1, -0.05) is 59.7 Å².